The van der Waals surface area contributed by atoms with Gasteiger partial charge >= 0.3 is 0 Å². The fraction of sp³-hybridized carbons (Fsp3) is 0.308. The zero-order chi connectivity index (χ0) is 12.4. The first-order chi connectivity index (χ1) is 8.85. The van der Waals surface area contributed by atoms with Crippen LogP contribution in [0.4, 0.5) is 5.82 Å². The van der Waals surface area contributed by atoms with Gasteiger partial charge in [-0.05, 0) is 35.6 Å². The van der Waals surface area contributed by atoms with E-state index < -0.39 is 0 Å². The summed E-state index contributed by atoms with van der Waals surface area (Å²) in [7, 11) is 0. The zero-order valence-corrected chi connectivity index (χ0v) is 10.9. The van der Waals surface area contributed by atoms with Gasteiger partial charge < -0.3 is 5.43 Å². The maximum absolute atomic E-state index is 5.38. The number of hydrogen-bond acceptors (Lipinski definition) is 5. The molecule has 0 radical (unpaired) electrons. The summed E-state index contributed by atoms with van der Waals surface area (Å²) in [5.74, 6) is 6.10. The Balaban J connectivity index is 1.70. The Morgan fingerprint density at radius 2 is 2.33 bits per heavy atom. The number of thiophene rings is 1. The lowest BCUT2D eigenvalue weighted by Gasteiger charge is -2.26. The fourth-order valence-electron chi connectivity index (χ4n) is 2.32. The van der Waals surface area contributed by atoms with Crippen LogP contribution in [-0.4, -0.2) is 16.4 Å². The fourth-order valence-corrected chi connectivity index (χ4v) is 3.21. The Morgan fingerprint density at radius 1 is 1.39 bits per heavy atom. The van der Waals surface area contributed by atoms with E-state index in [0.717, 1.165) is 37.6 Å². The van der Waals surface area contributed by atoms with Crippen LogP contribution in [0.2, 0.25) is 0 Å². The molecule has 0 aliphatic carbocycles. The van der Waals surface area contributed by atoms with Crippen LogP contribution in [0.25, 0.3) is 0 Å². The Hall–Kier alpha value is -1.43. The number of pyridine rings is 1. The maximum atomic E-state index is 5.38. The van der Waals surface area contributed by atoms with Gasteiger partial charge in [0.15, 0.2) is 0 Å². The molecule has 3 N–H and O–H groups in total. The van der Waals surface area contributed by atoms with Gasteiger partial charge in [-0.25, -0.2) is 10.8 Å². The standard InChI is InChI=1S/C13H16N4S/c14-16-13-3-1-2-11(15-13)9-17-6-4-12-10(8-17)5-7-18-12/h1-3,5,7H,4,6,8-9,14H2,(H,15,16). The molecule has 3 heterocycles. The molecule has 0 saturated carbocycles. The van der Waals surface area contributed by atoms with Crippen LogP contribution in [0, 0.1) is 0 Å². The number of anilines is 1. The second kappa shape index (κ2) is 5.06. The van der Waals surface area contributed by atoms with Gasteiger partial charge in [0.05, 0.1) is 5.69 Å². The maximum Gasteiger partial charge on any atom is 0.140 e. The SMILES string of the molecule is NNc1cccc(CN2CCc3sccc3C2)n1. The molecule has 1 aliphatic heterocycles. The van der Waals surface area contributed by atoms with E-state index in [0.29, 0.717) is 0 Å². The molecule has 0 aromatic carbocycles. The lowest BCUT2D eigenvalue weighted by atomic mass is 10.1. The molecule has 0 saturated heterocycles. The Kier molecular flexibility index (Phi) is 3.27. The summed E-state index contributed by atoms with van der Waals surface area (Å²) < 4.78 is 0. The van der Waals surface area contributed by atoms with E-state index in [1.807, 2.05) is 29.5 Å². The topological polar surface area (TPSA) is 54.2 Å². The summed E-state index contributed by atoms with van der Waals surface area (Å²) >= 11 is 1.87. The number of nitrogens with zero attached hydrogens (tertiary/aromatic N) is 2. The highest BCUT2D eigenvalue weighted by Crippen LogP contribution is 2.24. The highest BCUT2D eigenvalue weighted by Gasteiger charge is 2.17. The van der Waals surface area contributed by atoms with E-state index in [1.165, 1.54) is 10.4 Å². The number of hydrogen-bond donors (Lipinski definition) is 2. The van der Waals surface area contributed by atoms with Gasteiger partial charge in [0, 0.05) is 24.5 Å². The van der Waals surface area contributed by atoms with Gasteiger partial charge in [-0.2, -0.15) is 0 Å². The van der Waals surface area contributed by atoms with Gasteiger partial charge in [-0.1, -0.05) is 6.07 Å². The molecule has 18 heavy (non-hydrogen) atoms. The minimum absolute atomic E-state index is 0.723. The third-order valence-electron chi connectivity index (χ3n) is 3.23. The van der Waals surface area contributed by atoms with E-state index in [1.54, 1.807) is 0 Å². The average molecular weight is 260 g/mol. The molecule has 2 aromatic heterocycles. The molecule has 4 nitrogen and oxygen atoms in total. The zero-order valence-electron chi connectivity index (χ0n) is 10.1. The van der Waals surface area contributed by atoms with Crippen LogP contribution < -0.4 is 11.3 Å². The average Bonchev–Trinajstić information content (AvgIpc) is 2.86. The van der Waals surface area contributed by atoms with Crippen molar-refractivity contribution < 1.29 is 0 Å². The molecule has 3 rings (SSSR count). The molecule has 0 bridgehead atoms. The highest BCUT2D eigenvalue weighted by molar-refractivity contribution is 7.10. The number of nitrogen functional groups attached to an aromatic ring is 1. The Morgan fingerprint density at radius 3 is 3.22 bits per heavy atom. The summed E-state index contributed by atoms with van der Waals surface area (Å²) in [6, 6.07) is 8.13. The molecule has 0 unspecified atom stereocenters. The summed E-state index contributed by atoms with van der Waals surface area (Å²) in [6.07, 6.45) is 1.15. The summed E-state index contributed by atoms with van der Waals surface area (Å²) in [5.41, 5.74) is 5.12. The van der Waals surface area contributed by atoms with E-state index >= 15 is 0 Å². The first kappa shape index (κ1) is 11.6. The van der Waals surface area contributed by atoms with Crippen molar-refractivity contribution in [1.29, 1.82) is 0 Å². The van der Waals surface area contributed by atoms with Gasteiger partial charge in [0.2, 0.25) is 0 Å². The van der Waals surface area contributed by atoms with Gasteiger partial charge in [-0.3, -0.25) is 4.90 Å². The summed E-state index contributed by atoms with van der Waals surface area (Å²) in [5, 5.41) is 2.19. The van der Waals surface area contributed by atoms with E-state index in [9.17, 15) is 0 Å². The highest BCUT2D eigenvalue weighted by atomic mass is 32.1. The molecular weight excluding hydrogens is 244 g/mol. The largest absolute Gasteiger partial charge is 0.308 e. The van der Waals surface area contributed by atoms with Crippen LogP contribution in [-0.2, 0) is 19.5 Å². The van der Waals surface area contributed by atoms with Crippen molar-refractivity contribution in [1.82, 2.24) is 9.88 Å². The second-order valence-electron chi connectivity index (χ2n) is 4.49. The van der Waals surface area contributed by atoms with Crippen LogP contribution in [0.15, 0.2) is 29.6 Å². The van der Waals surface area contributed by atoms with E-state index in [-0.39, 0.29) is 0 Å². The predicted octanol–water partition coefficient (Wildman–Crippen LogP) is 1.99. The molecule has 0 amide bonds. The number of hydrazine groups is 1. The van der Waals surface area contributed by atoms with Crippen molar-refractivity contribution in [3.05, 3.63) is 45.8 Å². The third kappa shape index (κ3) is 2.38. The van der Waals surface area contributed by atoms with Gasteiger partial charge in [-0.15, -0.1) is 11.3 Å². The Labute approximate surface area is 110 Å². The van der Waals surface area contributed by atoms with Crippen molar-refractivity contribution in [2.75, 3.05) is 12.0 Å². The molecule has 1 aliphatic rings. The van der Waals surface area contributed by atoms with E-state index in [4.69, 9.17) is 5.84 Å². The van der Waals surface area contributed by atoms with Crippen molar-refractivity contribution in [2.45, 2.75) is 19.5 Å². The van der Waals surface area contributed by atoms with Crippen LogP contribution in [0.3, 0.4) is 0 Å². The number of fused-ring (bicyclic) bond motifs is 1. The quantitative estimate of drug-likeness (QED) is 0.654. The van der Waals surface area contributed by atoms with Crippen molar-refractivity contribution in [3.8, 4) is 0 Å². The number of nitrogens with one attached hydrogen (secondary N) is 1. The monoisotopic (exact) mass is 260 g/mol. The van der Waals surface area contributed by atoms with Crippen LogP contribution >= 0.6 is 11.3 Å². The smallest absolute Gasteiger partial charge is 0.140 e. The van der Waals surface area contributed by atoms with Gasteiger partial charge in [0.25, 0.3) is 0 Å². The molecular formula is C13H16N4S. The summed E-state index contributed by atoms with van der Waals surface area (Å²) in [6.45, 7) is 3.01. The van der Waals surface area contributed by atoms with Crippen LogP contribution in [0.5, 0.6) is 0 Å². The number of nitrogens with two attached hydrogens (primary N) is 1. The third-order valence-corrected chi connectivity index (χ3v) is 4.25. The molecule has 0 spiro atoms. The molecule has 0 atom stereocenters. The number of rotatable bonds is 3. The van der Waals surface area contributed by atoms with Crippen molar-refractivity contribution in [2.24, 2.45) is 5.84 Å². The first-order valence-electron chi connectivity index (χ1n) is 6.05. The minimum Gasteiger partial charge on any atom is -0.308 e. The van der Waals surface area contributed by atoms with Crippen molar-refractivity contribution in [3.63, 3.8) is 0 Å². The molecule has 2 aromatic rings. The van der Waals surface area contributed by atoms with Crippen molar-refractivity contribution >= 4 is 17.2 Å². The van der Waals surface area contributed by atoms with Gasteiger partial charge in [0.1, 0.15) is 5.82 Å². The molecule has 94 valence electrons. The first-order valence-corrected chi connectivity index (χ1v) is 6.93. The second-order valence-corrected chi connectivity index (χ2v) is 5.49. The predicted molar refractivity (Wildman–Crippen MR) is 74.2 cm³/mol. The normalized spacial score (nSPS) is 15.4. The minimum atomic E-state index is 0.723. The summed E-state index contributed by atoms with van der Waals surface area (Å²) in [4.78, 5) is 8.42. The Bertz CT molecular complexity index is 537. The lowest BCUT2D eigenvalue weighted by molar-refractivity contribution is 0.244. The molecule has 0 fully saturated rings. The lowest BCUT2D eigenvalue weighted by Crippen LogP contribution is -2.29. The molecule has 5 heteroatoms. The van der Waals surface area contributed by atoms with E-state index in [2.05, 4.69) is 26.8 Å². The van der Waals surface area contributed by atoms with Crippen LogP contribution in [0.1, 0.15) is 16.1 Å². The number of aromatic nitrogens is 1.